The predicted molar refractivity (Wildman–Crippen MR) is 112 cm³/mol. The van der Waals surface area contributed by atoms with Crippen molar-refractivity contribution in [2.24, 2.45) is 0 Å². The van der Waals surface area contributed by atoms with E-state index in [9.17, 15) is 15.0 Å². The molecule has 0 aromatic heterocycles. The molecule has 2 aromatic rings. The Morgan fingerprint density at radius 1 is 0.815 bits per heavy atom. The summed E-state index contributed by atoms with van der Waals surface area (Å²) < 4.78 is 0. The van der Waals surface area contributed by atoms with Gasteiger partial charge in [-0.2, -0.15) is 0 Å². The first-order valence-corrected chi connectivity index (χ1v) is 11.6. The molecule has 27 heavy (non-hydrogen) atoms. The van der Waals surface area contributed by atoms with Gasteiger partial charge in [-0.3, -0.25) is 0 Å². The van der Waals surface area contributed by atoms with Crippen LogP contribution in [0.15, 0.2) is 60.7 Å². The molecule has 0 heterocycles. The van der Waals surface area contributed by atoms with Gasteiger partial charge >= 0.3 is 0 Å². The van der Waals surface area contributed by atoms with Crippen LogP contribution in [0.5, 0.6) is 0 Å². The van der Waals surface area contributed by atoms with E-state index in [1.54, 1.807) is 0 Å². The molecule has 0 aliphatic heterocycles. The molecule has 0 aliphatic carbocycles. The van der Waals surface area contributed by atoms with E-state index in [1.165, 1.54) is 0 Å². The smallest absolute Gasteiger partial charge is 0.258 e. The van der Waals surface area contributed by atoms with Crippen LogP contribution < -0.4 is 10.4 Å². The lowest BCUT2D eigenvalue weighted by Gasteiger charge is -2.41. The zero-order chi connectivity index (χ0) is 19.9. The molecule has 2 atom stereocenters. The minimum absolute atomic E-state index is 0.309. The van der Waals surface area contributed by atoms with E-state index in [4.69, 9.17) is 5.11 Å². The fraction of sp³-hybridized carbons (Fsp3) is 0.455. The van der Waals surface area contributed by atoms with Crippen LogP contribution in [0, 0.1) is 0 Å². The molecule has 4 N–H and O–H groups in total. The summed E-state index contributed by atoms with van der Waals surface area (Å²) >= 11 is 0. The lowest BCUT2D eigenvalue weighted by molar-refractivity contribution is -0.0186. The first-order chi connectivity index (χ1) is 12.8. The Morgan fingerprint density at radius 3 is 1.74 bits per heavy atom. The van der Waals surface area contributed by atoms with E-state index in [0.29, 0.717) is 6.42 Å². The lowest BCUT2D eigenvalue weighted by atomic mass is 10.0. The molecule has 0 saturated heterocycles. The van der Waals surface area contributed by atoms with Gasteiger partial charge in [-0.05, 0) is 28.3 Å². The number of aliphatic hydroxyl groups is 3. The minimum atomic E-state index is -2.99. The van der Waals surface area contributed by atoms with Gasteiger partial charge in [0.2, 0.25) is 0 Å². The third-order valence-corrected chi connectivity index (χ3v) is 10.1. The van der Waals surface area contributed by atoms with Crippen molar-refractivity contribution in [3.8, 4) is 0 Å². The van der Waals surface area contributed by atoms with Crippen molar-refractivity contribution in [3.63, 3.8) is 0 Å². The van der Waals surface area contributed by atoms with Crippen molar-refractivity contribution in [1.82, 2.24) is 0 Å². The number of benzene rings is 2. The van der Waals surface area contributed by atoms with Crippen LogP contribution >= 0.6 is 0 Å². The van der Waals surface area contributed by atoms with E-state index in [2.05, 4.69) is 13.8 Å². The number of rotatable bonds is 10. The Bertz CT molecular complexity index is 636. The second-order valence-corrected chi connectivity index (χ2v) is 11.8. The Morgan fingerprint density at radius 2 is 1.30 bits per heavy atom. The number of unbranched alkanes of at least 4 members (excludes halogenated alkanes) is 1. The van der Waals surface area contributed by atoms with Gasteiger partial charge in [0, 0.05) is 0 Å². The third-order valence-electron chi connectivity index (χ3n) is 5.55. The van der Waals surface area contributed by atoms with Gasteiger partial charge in [0.15, 0.2) is 0 Å². The predicted octanol–water partition coefficient (Wildman–Crippen LogP) is 1.79. The fourth-order valence-corrected chi connectivity index (χ4v) is 7.51. The highest BCUT2D eigenvalue weighted by Gasteiger charge is 2.49. The van der Waals surface area contributed by atoms with Crippen molar-refractivity contribution in [3.05, 3.63) is 60.7 Å². The topological polar surface area (TPSA) is 80.9 Å². The van der Waals surface area contributed by atoms with Gasteiger partial charge in [0.05, 0.1) is 12.7 Å². The van der Waals surface area contributed by atoms with Gasteiger partial charge in [0.25, 0.3) is 8.32 Å². The third kappa shape index (κ3) is 5.06. The van der Waals surface area contributed by atoms with Gasteiger partial charge in [-0.25, -0.2) is 0 Å². The van der Waals surface area contributed by atoms with Crippen molar-refractivity contribution in [1.29, 1.82) is 0 Å². The van der Waals surface area contributed by atoms with Crippen molar-refractivity contribution in [2.75, 3.05) is 6.61 Å². The summed E-state index contributed by atoms with van der Waals surface area (Å²) in [6.45, 7) is 3.82. The Labute approximate surface area is 163 Å². The Hall–Kier alpha value is -1.50. The maximum Gasteiger partial charge on any atom is 0.258 e. The second-order valence-electron chi connectivity index (χ2n) is 7.89. The molecule has 148 valence electrons. The van der Waals surface area contributed by atoms with Crippen LogP contribution in [0.25, 0.3) is 0 Å². The summed E-state index contributed by atoms with van der Waals surface area (Å²) in [6, 6.07) is 19.9. The Balaban J connectivity index is 2.17. The SMILES string of the molecule is CC(C)(CCCC[C@@H](O)[C@H](O)CO)[Si](O)(c1ccccc1)c1ccccc1. The van der Waals surface area contributed by atoms with Crippen molar-refractivity contribution < 1.29 is 20.1 Å². The second kappa shape index (κ2) is 9.62. The Kier molecular flexibility index (Phi) is 7.76. The van der Waals surface area contributed by atoms with Crippen LogP contribution in [0.3, 0.4) is 0 Å². The van der Waals surface area contributed by atoms with Gasteiger partial charge in [0.1, 0.15) is 6.10 Å². The normalized spacial score (nSPS) is 14.7. The molecule has 0 spiro atoms. The standard InChI is InChI=1S/C22H32O4Si/c1-22(2,16-10-9-15-20(24)21(25)17-23)27(26,18-11-5-3-6-12-18)19-13-7-4-8-14-19/h3-8,11-14,20-21,23-26H,9-10,15-17H2,1-2H3/t20-,21-/m1/s1. The monoisotopic (exact) mass is 388 g/mol. The summed E-state index contributed by atoms with van der Waals surface area (Å²) in [4.78, 5) is 12.0. The molecule has 0 unspecified atom stereocenters. The average molecular weight is 389 g/mol. The molecule has 0 amide bonds. The number of hydrogen-bond acceptors (Lipinski definition) is 4. The molecule has 0 fully saturated rings. The minimum Gasteiger partial charge on any atom is -0.424 e. The lowest BCUT2D eigenvalue weighted by Crippen LogP contribution is -2.65. The number of hydrogen-bond donors (Lipinski definition) is 4. The molecule has 0 bridgehead atoms. The summed E-state index contributed by atoms with van der Waals surface area (Å²) in [5.41, 5.74) is 0. The summed E-state index contributed by atoms with van der Waals surface area (Å²) in [5.74, 6) is 0. The molecule has 0 aliphatic rings. The van der Waals surface area contributed by atoms with Crippen LogP contribution in [0.1, 0.15) is 39.5 Å². The zero-order valence-corrected chi connectivity index (χ0v) is 17.3. The summed E-state index contributed by atoms with van der Waals surface area (Å²) in [5, 5.41) is 29.9. The van der Waals surface area contributed by atoms with Crippen LogP contribution in [-0.4, -0.2) is 47.2 Å². The van der Waals surface area contributed by atoms with Crippen LogP contribution in [-0.2, 0) is 0 Å². The highest BCUT2D eigenvalue weighted by molar-refractivity contribution is 6.98. The van der Waals surface area contributed by atoms with Crippen molar-refractivity contribution in [2.45, 2.75) is 56.8 Å². The highest BCUT2D eigenvalue weighted by atomic mass is 28.4. The molecular weight excluding hydrogens is 356 g/mol. The maximum atomic E-state index is 12.0. The molecule has 5 heteroatoms. The summed E-state index contributed by atoms with van der Waals surface area (Å²) in [6.07, 6.45) is 0.818. The van der Waals surface area contributed by atoms with Gasteiger partial charge in [-0.1, -0.05) is 87.4 Å². The van der Waals surface area contributed by atoms with Gasteiger partial charge < -0.3 is 20.1 Å². The first kappa shape index (κ1) is 21.8. The molecule has 2 aromatic carbocycles. The molecule has 0 saturated carbocycles. The zero-order valence-electron chi connectivity index (χ0n) is 16.3. The molecule has 2 rings (SSSR count). The van der Waals surface area contributed by atoms with E-state index >= 15 is 0 Å². The molecular formula is C22H32O4Si. The van der Waals surface area contributed by atoms with Crippen LogP contribution in [0.4, 0.5) is 0 Å². The molecule has 0 radical (unpaired) electrons. The van der Waals surface area contributed by atoms with E-state index in [0.717, 1.165) is 29.6 Å². The van der Waals surface area contributed by atoms with E-state index in [-0.39, 0.29) is 5.04 Å². The largest absolute Gasteiger partial charge is 0.424 e. The van der Waals surface area contributed by atoms with E-state index in [1.807, 2.05) is 60.7 Å². The first-order valence-electron chi connectivity index (χ1n) is 9.63. The van der Waals surface area contributed by atoms with Crippen molar-refractivity contribution >= 4 is 18.7 Å². The maximum absolute atomic E-state index is 12.0. The fourth-order valence-electron chi connectivity index (χ4n) is 3.72. The highest BCUT2D eigenvalue weighted by Crippen LogP contribution is 2.40. The van der Waals surface area contributed by atoms with Gasteiger partial charge in [-0.15, -0.1) is 0 Å². The van der Waals surface area contributed by atoms with E-state index < -0.39 is 27.1 Å². The quantitative estimate of drug-likeness (QED) is 0.370. The number of aliphatic hydroxyl groups excluding tert-OH is 3. The molecule has 4 nitrogen and oxygen atoms in total. The van der Waals surface area contributed by atoms with Crippen LogP contribution in [0.2, 0.25) is 5.04 Å². The average Bonchev–Trinajstić information content (AvgIpc) is 2.70. The summed E-state index contributed by atoms with van der Waals surface area (Å²) in [7, 11) is -2.99.